The summed E-state index contributed by atoms with van der Waals surface area (Å²) in [6.45, 7) is 0.616. The second kappa shape index (κ2) is 7.59. The molecule has 2 heterocycles. The maximum atomic E-state index is 13.5. The Hall–Kier alpha value is -2.55. The van der Waals surface area contributed by atoms with Crippen LogP contribution in [0.25, 0.3) is 0 Å². The van der Waals surface area contributed by atoms with Crippen LogP contribution in [0.3, 0.4) is 0 Å². The highest BCUT2D eigenvalue weighted by Gasteiger charge is 2.44. The molecular formula is C18H18F3NO5. The summed E-state index contributed by atoms with van der Waals surface area (Å²) in [7, 11) is 1.26. The van der Waals surface area contributed by atoms with Crippen LogP contribution in [-0.2, 0) is 30.0 Å². The highest BCUT2D eigenvalue weighted by atomic mass is 19.4. The predicted octanol–water partition coefficient (Wildman–Crippen LogP) is 2.50. The van der Waals surface area contributed by atoms with Crippen molar-refractivity contribution in [2.75, 3.05) is 13.7 Å². The first-order valence-electron chi connectivity index (χ1n) is 8.37. The maximum Gasteiger partial charge on any atom is 0.416 e. The molecule has 1 aromatic carbocycles. The first-order chi connectivity index (χ1) is 12.8. The number of nitrogens with one attached hydrogen (secondary N) is 1. The van der Waals surface area contributed by atoms with E-state index in [9.17, 15) is 22.8 Å². The number of halogens is 3. The van der Waals surface area contributed by atoms with Gasteiger partial charge in [-0.2, -0.15) is 13.2 Å². The molecule has 3 atom stereocenters. The van der Waals surface area contributed by atoms with Gasteiger partial charge in [0.15, 0.2) is 12.2 Å². The van der Waals surface area contributed by atoms with Gasteiger partial charge >= 0.3 is 18.1 Å². The fourth-order valence-electron chi connectivity index (χ4n) is 3.19. The van der Waals surface area contributed by atoms with Crippen molar-refractivity contribution in [1.29, 1.82) is 0 Å². The molecule has 0 bridgehead atoms. The van der Waals surface area contributed by atoms with E-state index < -0.39 is 41.9 Å². The first kappa shape index (κ1) is 19.2. The summed E-state index contributed by atoms with van der Waals surface area (Å²) >= 11 is 0. The average molecular weight is 385 g/mol. The number of hydrogen-bond acceptors (Lipinski definition) is 6. The van der Waals surface area contributed by atoms with E-state index in [-0.39, 0.29) is 11.3 Å². The Morgan fingerprint density at radius 1 is 1.33 bits per heavy atom. The molecule has 0 aromatic heterocycles. The monoisotopic (exact) mass is 385 g/mol. The molecule has 0 aliphatic carbocycles. The molecule has 2 aliphatic rings. The summed E-state index contributed by atoms with van der Waals surface area (Å²) in [4.78, 5) is 24.1. The lowest BCUT2D eigenvalue weighted by Gasteiger charge is -2.28. The number of esters is 2. The van der Waals surface area contributed by atoms with Gasteiger partial charge in [-0.1, -0.05) is 18.2 Å². The van der Waals surface area contributed by atoms with Crippen LogP contribution < -0.4 is 5.32 Å². The Labute approximate surface area is 153 Å². The summed E-state index contributed by atoms with van der Waals surface area (Å²) in [6.07, 6.45) is -5.16. The van der Waals surface area contributed by atoms with Crippen LogP contribution >= 0.6 is 0 Å². The van der Waals surface area contributed by atoms with Crippen LogP contribution in [0.15, 0.2) is 36.1 Å². The smallest absolute Gasteiger partial charge is 0.416 e. The SMILES string of the molecule is COC1=CC(=O)OC1C(OC(=O)[C@@H]1CCCN1)c1ccccc1C(F)(F)F. The standard InChI is InChI=1S/C18H18F3NO5/c1-25-13-9-14(23)26-16(13)15(27-17(24)12-7-4-8-22-12)10-5-2-3-6-11(10)18(19,20)21/h2-3,5-6,9,12,15-16,22H,4,7-8H2,1H3/t12-,15?,16?/m0/s1. The highest BCUT2D eigenvalue weighted by molar-refractivity contribution is 5.85. The molecule has 1 aromatic rings. The van der Waals surface area contributed by atoms with Crippen molar-refractivity contribution in [3.05, 3.63) is 47.2 Å². The maximum absolute atomic E-state index is 13.5. The van der Waals surface area contributed by atoms with Gasteiger partial charge in [-0.15, -0.1) is 0 Å². The van der Waals surface area contributed by atoms with E-state index in [0.717, 1.165) is 18.6 Å². The topological polar surface area (TPSA) is 73.9 Å². The number of hydrogen-bond donors (Lipinski definition) is 1. The second-order valence-corrected chi connectivity index (χ2v) is 6.20. The molecule has 27 heavy (non-hydrogen) atoms. The average Bonchev–Trinajstić information content (AvgIpc) is 3.28. The molecular weight excluding hydrogens is 367 g/mol. The molecule has 1 N–H and O–H groups in total. The van der Waals surface area contributed by atoms with Gasteiger partial charge in [0, 0.05) is 5.56 Å². The molecule has 1 fully saturated rings. The van der Waals surface area contributed by atoms with E-state index >= 15 is 0 Å². The minimum absolute atomic E-state index is 0.00541. The lowest BCUT2D eigenvalue weighted by Crippen LogP contribution is -2.37. The van der Waals surface area contributed by atoms with E-state index in [1.165, 1.54) is 25.3 Å². The normalized spacial score (nSPS) is 23.6. The summed E-state index contributed by atoms with van der Waals surface area (Å²) in [5, 5.41) is 2.93. The van der Waals surface area contributed by atoms with Crippen LogP contribution in [0, 0.1) is 0 Å². The molecule has 1 saturated heterocycles. The van der Waals surface area contributed by atoms with Crippen molar-refractivity contribution in [2.24, 2.45) is 0 Å². The van der Waals surface area contributed by atoms with Crippen LogP contribution in [0.4, 0.5) is 13.2 Å². The van der Waals surface area contributed by atoms with Crippen LogP contribution in [-0.4, -0.2) is 37.7 Å². The van der Waals surface area contributed by atoms with Gasteiger partial charge in [0.05, 0.1) is 18.7 Å². The van der Waals surface area contributed by atoms with E-state index in [1.807, 2.05) is 0 Å². The molecule has 9 heteroatoms. The molecule has 0 saturated carbocycles. The lowest BCUT2D eigenvalue weighted by molar-refractivity contribution is -0.166. The molecule has 146 valence electrons. The zero-order valence-corrected chi connectivity index (χ0v) is 14.4. The quantitative estimate of drug-likeness (QED) is 0.786. The fraction of sp³-hybridized carbons (Fsp3) is 0.444. The summed E-state index contributed by atoms with van der Waals surface area (Å²) < 4.78 is 56.0. The number of cyclic esters (lactones) is 1. The van der Waals surface area contributed by atoms with Gasteiger partial charge in [0.25, 0.3) is 0 Å². The fourth-order valence-corrected chi connectivity index (χ4v) is 3.19. The van der Waals surface area contributed by atoms with Crippen molar-refractivity contribution in [3.8, 4) is 0 Å². The summed E-state index contributed by atoms with van der Waals surface area (Å²) in [5.41, 5.74) is -1.28. The van der Waals surface area contributed by atoms with E-state index in [0.29, 0.717) is 13.0 Å². The Bertz CT molecular complexity index is 756. The first-order valence-corrected chi connectivity index (χ1v) is 8.37. The number of carbonyl (C=O) groups is 2. The summed E-state index contributed by atoms with van der Waals surface area (Å²) in [5.74, 6) is -1.48. The van der Waals surface area contributed by atoms with Gasteiger partial charge in [-0.25, -0.2) is 4.79 Å². The van der Waals surface area contributed by atoms with Crippen molar-refractivity contribution >= 4 is 11.9 Å². The van der Waals surface area contributed by atoms with Gasteiger partial charge in [-0.3, -0.25) is 4.79 Å². The van der Waals surface area contributed by atoms with Crippen molar-refractivity contribution < 1.29 is 37.0 Å². The third-order valence-electron chi connectivity index (χ3n) is 4.45. The van der Waals surface area contributed by atoms with E-state index in [4.69, 9.17) is 14.2 Å². The molecule has 0 amide bonds. The van der Waals surface area contributed by atoms with Gasteiger partial charge in [0.2, 0.25) is 0 Å². The minimum Gasteiger partial charge on any atom is -0.497 e. The van der Waals surface area contributed by atoms with E-state index in [2.05, 4.69) is 5.32 Å². The Morgan fingerprint density at radius 2 is 2.07 bits per heavy atom. The zero-order valence-electron chi connectivity index (χ0n) is 14.4. The Kier molecular flexibility index (Phi) is 5.41. The molecule has 2 unspecified atom stereocenters. The number of ether oxygens (including phenoxy) is 3. The van der Waals surface area contributed by atoms with Crippen LogP contribution in [0.1, 0.15) is 30.1 Å². The van der Waals surface area contributed by atoms with Gasteiger partial charge in [-0.05, 0) is 25.5 Å². The lowest BCUT2D eigenvalue weighted by atomic mass is 9.97. The number of rotatable bonds is 5. The minimum atomic E-state index is -4.67. The van der Waals surface area contributed by atoms with Crippen molar-refractivity contribution in [3.63, 3.8) is 0 Å². The number of alkyl halides is 3. The number of carbonyl (C=O) groups excluding carboxylic acids is 2. The molecule has 0 radical (unpaired) electrons. The second-order valence-electron chi connectivity index (χ2n) is 6.20. The van der Waals surface area contributed by atoms with Crippen molar-refractivity contribution in [2.45, 2.75) is 37.3 Å². The zero-order chi connectivity index (χ0) is 19.6. The van der Waals surface area contributed by atoms with Gasteiger partial charge in [0.1, 0.15) is 11.8 Å². The summed E-state index contributed by atoms with van der Waals surface area (Å²) in [6, 6.07) is 4.10. The third kappa shape index (κ3) is 4.08. The largest absolute Gasteiger partial charge is 0.497 e. The number of methoxy groups -OCH3 is 1. The molecule has 0 spiro atoms. The molecule has 2 aliphatic heterocycles. The Balaban J connectivity index is 1.99. The van der Waals surface area contributed by atoms with Gasteiger partial charge < -0.3 is 19.5 Å². The third-order valence-corrected chi connectivity index (χ3v) is 4.45. The predicted molar refractivity (Wildman–Crippen MR) is 86.3 cm³/mol. The van der Waals surface area contributed by atoms with Crippen LogP contribution in [0.5, 0.6) is 0 Å². The van der Waals surface area contributed by atoms with Crippen molar-refractivity contribution in [1.82, 2.24) is 5.32 Å². The number of benzene rings is 1. The molecule has 6 nitrogen and oxygen atoms in total. The van der Waals surface area contributed by atoms with Crippen LogP contribution in [0.2, 0.25) is 0 Å². The highest BCUT2D eigenvalue weighted by Crippen LogP contribution is 2.40. The molecule has 3 rings (SSSR count). The van der Waals surface area contributed by atoms with E-state index in [1.54, 1.807) is 0 Å². The Morgan fingerprint density at radius 3 is 2.70 bits per heavy atom.